The van der Waals surface area contributed by atoms with E-state index in [1.54, 1.807) is 7.05 Å². The molecule has 0 aliphatic carbocycles. The lowest BCUT2D eigenvalue weighted by atomic mass is 10.1. The molecule has 0 saturated heterocycles. The third-order valence-corrected chi connectivity index (χ3v) is 2.49. The fourth-order valence-corrected chi connectivity index (χ4v) is 1.54. The van der Waals surface area contributed by atoms with Gasteiger partial charge in [0.25, 0.3) is 0 Å². The first-order valence-electron chi connectivity index (χ1n) is 5.03. The molecule has 4 heteroatoms. The third kappa shape index (κ3) is 1.95. The summed E-state index contributed by atoms with van der Waals surface area (Å²) >= 11 is 0. The van der Waals surface area contributed by atoms with E-state index in [1.165, 1.54) is 10.9 Å². The minimum atomic E-state index is -0.00296. The Kier molecular flexibility index (Phi) is 2.72. The van der Waals surface area contributed by atoms with Crippen LogP contribution in [0.2, 0.25) is 0 Å². The predicted octanol–water partition coefficient (Wildman–Crippen LogP) is 1.43. The molecule has 0 bridgehead atoms. The lowest BCUT2D eigenvalue weighted by Gasteiger charge is -2.00. The van der Waals surface area contributed by atoms with E-state index in [4.69, 9.17) is 5.73 Å². The van der Waals surface area contributed by atoms with E-state index in [-0.39, 0.29) is 5.78 Å². The zero-order valence-corrected chi connectivity index (χ0v) is 9.05. The zero-order chi connectivity index (χ0) is 11.5. The number of nitrogens with zero attached hydrogens (tertiary/aromatic N) is 2. The Morgan fingerprint density at radius 1 is 1.38 bits per heavy atom. The van der Waals surface area contributed by atoms with E-state index >= 15 is 0 Å². The van der Waals surface area contributed by atoms with E-state index in [2.05, 4.69) is 5.10 Å². The number of aromatic nitrogens is 2. The first-order valence-corrected chi connectivity index (χ1v) is 5.03. The monoisotopic (exact) mass is 215 g/mol. The Morgan fingerprint density at radius 2 is 2.06 bits per heavy atom. The second-order valence-electron chi connectivity index (χ2n) is 3.65. The van der Waals surface area contributed by atoms with Gasteiger partial charge in [-0.3, -0.25) is 9.48 Å². The molecule has 4 nitrogen and oxygen atoms in total. The van der Waals surface area contributed by atoms with Gasteiger partial charge in [0.15, 0.2) is 5.78 Å². The fourth-order valence-electron chi connectivity index (χ4n) is 1.54. The minimum Gasteiger partial charge on any atom is -0.383 e. The molecule has 0 saturated carbocycles. The maximum absolute atomic E-state index is 11.9. The summed E-state index contributed by atoms with van der Waals surface area (Å²) in [5, 5.41) is 3.95. The molecule has 82 valence electrons. The van der Waals surface area contributed by atoms with Crippen molar-refractivity contribution >= 4 is 11.6 Å². The van der Waals surface area contributed by atoms with Gasteiger partial charge in [0.2, 0.25) is 0 Å². The second-order valence-corrected chi connectivity index (χ2v) is 3.65. The quantitative estimate of drug-likeness (QED) is 0.788. The summed E-state index contributed by atoms with van der Waals surface area (Å²) in [6.07, 6.45) is 1.87. The lowest BCUT2D eigenvalue weighted by molar-refractivity contribution is 0.0994. The molecule has 1 heterocycles. The summed E-state index contributed by atoms with van der Waals surface area (Å²) in [6.45, 7) is 0. The number of hydrogen-bond donors (Lipinski definition) is 1. The normalized spacial score (nSPS) is 10.3. The van der Waals surface area contributed by atoms with Crippen LogP contribution in [-0.4, -0.2) is 15.6 Å². The molecule has 2 rings (SSSR count). The number of nitrogen functional groups attached to an aromatic ring is 1. The number of Topliss-reactive ketones (excluding diaryl/α,β-unsaturated/α-hetero) is 1. The van der Waals surface area contributed by atoms with E-state index in [9.17, 15) is 4.79 Å². The van der Waals surface area contributed by atoms with Crippen LogP contribution in [0.3, 0.4) is 0 Å². The third-order valence-electron chi connectivity index (χ3n) is 2.49. The highest BCUT2D eigenvalue weighted by molar-refractivity contribution is 6.01. The van der Waals surface area contributed by atoms with Gasteiger partial charge in [-0.15, -0.1) is 0 Å². The molecule has 1 aromatic carbocycles. The number of nitrogens with two attached hydrogens (primary N) is 1. The number of hydrogen-bond acceptors (Lipinski definition) is 3. The van der Waals surface area contributed by atoms with Crippen LogP contribution in [0.25, 0.3) is 0 Å². The van der Waals surface area contributed by atoms with Gasteiger partial charge >= 0.3 is 0 Å². The molecule has 0 radical (unpaired) electrons. The van der Waals surface area contributed by atoms with Crippen LogP contribution in [0.5, 0.6) is 0 Å². The van der Waals surface area contributed by atoms with Gasteiger partial charge in [-0.1, -0.05) is 30.3 Å². The maximum Gasteiger partial charge on any atom is 0.172 e. The molecule has 1 aromatic heterocycles. The van der Waals surface area contributed by atoms with Gasteiger partial charge in [0, 0.05) is 13.5 Å². The van der Waals surface area contributed by atoms with Crippen LogP contribution >= 0.6 is 0 Å². The molecule has 2 N–H and O–H groups in total. The van der Waals surface area contributed by atoms with Crippen LogP contribution in [0.15, 0.2) is 36.5 Å². The molecule has 0 fully saturated rings. The van der Waals surface area contributed by atoms with Gasteiger partial charge in [-0.25, -0.2) is 0 Å². The van der Waals surface area contributed by atoms with Crippen LogP contribution < -0.4 is 5.73 Å². The van der Waals surface area contributed by atoms with Crippen LogP contribution in [0.1, 0.15) is 15.9 Å². The highest BCUT2D eigenvalue weighted by Crippen LogP contribution is 2.13. The molecule has 2 aromatic rings. The Labute approximate surface area is 93.7 Å². The molecule has 0 amide bonds. The molecule has 0 aliphatic heterocycles. The summed E-state index contributed by atoms with van der Waals surface area (Å²) < 4.78 is 1.50. The minimum absolute atomic E-state index is 0.00296. The van der Waals surface area contributed by atoms with Gasteiger partial charge in [-0.2, -0.15) is 5.10 Å². The number of carbonyl (C=O) groups is 1. The standard InChI is InChI=1S/C12H13N3O/c1-15-12(13)10(8-14-15)11(16)7-9-5-3-2-4-6-9/h2-6,8H,7,13H2,1H3. The molecule has 0 atom stereocenters. The fraction of sp³-hybridized carbons (Fsp3) is 0.167. The Balaban J connectivity index is 2.18. The van der Waals surface area contributed by atoms with Crippen LogP contribution in [0.4, 0.5) is 5.82 Å². The average molecular weight is 215 g/mol. The van der Waals surface area contributed by atoms with E-state index < -0.39 is 0 Å². The second kappa shape index (κ2) is 4.18. The number of aryl methyl sites for hydroxylation is 1. The first kappa shape index (κ1) is 10.4. The van der Waals surface area contributed by atoms with Crippen molar-refractivity contribution in [2.24, 2.45) is 7.05 Å². The highest BCUT2D eigenvalue weighted by atomic mass is 16.1. The summed E-state index contributed by atoms with van der Waals surface area (Å²) in [4.78, 5) is 11.9. The van der Waals surface area contributed by atoms with Gasteiger partial charge in [0.05, 0.1) is 11.8 Å². The number of ketones is 1. The zero-order valence-electron chi connectivity index (χ0n) is 9.05. The molecule has 0 aliphatic rings. The van der Waals surface area contributed by atoms with Crippen molar-refractivity contribution in [1.82, 2.24) is 9.78 Å². The largest absolute Gasteiger partial charge is 0.383 e. The van der Waals surface area contributed by atoms with Gasteiger partial charge in [-0.05, 0) is 5.56 Å². The van der Waals surface area contributed by atoms with Crippen molar-refractivity contribution < 1.29 is 4.79 Å². The SMILES string of the molecule is Cn1ncc(C(=O)Cc2ccccc2)c1N. The molecule has 0 unspecified atom stereocenters. The van der Waals surface area contributed by atoms with Crippen molar-refractivity contribution in [2.75, 3.05) is 5.73 Å². The average Bonchev–Trinajstić information content (AvgIpc) is 2.61. The summed E-state index contributed by atoms with van der Waals surface area (Å²) in [7, 11) is 1.72. The Hall–Kier alpha value is -2.10. The molecule has 0 spiro atoms. The Morgan fingerprint density at radius 3 is 2.62 bits per heavy atom. The number of rotatable bonds is 3. The van der Waals surface area contributed by atoms with E-state index in [1.807, 2.05) is 30.3 Å². The first-order chi connectivity index (χ1) is 7.68. The van der Waals surface area contributed by atoms with E-state index in [0.717, 1.165) is 5.56 Å². The van der Waals surface area contributed by atoms with Crippen LogP contribution in [-0.2, 0) is 13.5 Å². The van der Waals surface area contributed by atoms with E-state index in [0.29, 0.717) is 17.8 Å². The summed E-state index contributed by atoms with van der Waals surface area (Å²) in [6, 6.07) is 9.59. The topological polar surface area (TPSA) is 60.9 Å². The van der Waals surface area contributed by atoms with Crippen molar-refractivity contribution in [3.8, 4) is 0 Å². The van der Waals surface area contributed by atoms with Gasteiger partial charge in [0.1, 0.15) is 5.82 Å². The van der Waals surface area contributed by atoms with Crippen molar-refractivity contribution in [2.45, 2.75) is 6.42 Å². The summed E-state index contributed by atoms with van der Waals surface area (Å²) in [5.74, 6) is 0.415. The number of carbonyl (C=O) groups excluding carboxylic acids is 1. The predicted molar refractivity (Wildman–Crippen MR) is 62.1 cm³/mol. The Bertz CT molecular complexity index is 502. The van der Waals surface area contributed by atoms with Crippen LogP contribution in [0, 0.1) is 0 Å². The highest BCUT2D eigenvalue weighted by Gasteiger charge is 2.13. The van der Waals surface area contributed by atoms with Crippen molar-refractivity contribution in [3.63, 3.8) is 0 Å². The molecular formula is C12H13N3O. The number of benzene rings is 1. The maximum atomic E-state index is 11.9. The molecular weight excluding hydrogens is 202 g/mol. The summed E-state index contributed by atoms with van der Waals surface area (Å²) in [5.41, 5.74) is 7.21. The van der Waals surface area contributed by atoms with Crippen molar-refractivity contribution in [3.05, 3.63) is 47.7 Å². The lowest BCUT2D eigenvalue weighted by Crippen LogP contribution is -2.07. The molecule has 16 heavy (non-hydrogen) atoms. The van der Waals surface area contributed by atoms with Gasteiger partial charge < -0.3 is 5.73 Å². The van der Waals surface area contributed by atoms with Crippen molar-refractivity contribution in [1.29, 1.82) is 0 Å². The number of anilines is 1. The smallest absolute Gasteiger partial charge is 0.172 e.